The molecule has 0 aliphatic heterocycles. The van der Waals surface area contributed by atoms with Crippen molar-refractivity contribution >= 4 is 11.6 Å². The van der Waals surface area contributed by atoms with E-state index < -0.39 is 23.1 Å². The van der Waals surface area contributed by atoms with Gasteiger partial charge in [-0.25, -0.2) is 0 Å². The lowest BCUT2D eigenvalue weighted by molar-refractivity contribution is -0.120. The van der Waals surface area contributed by atoms with E-state index in [0.717, 1.165) is 19.3 Å². The molecule has 2 N–H and O–H groups in total. The Morgan fingerprint density at radius 3 is 1.53 bits per heavy atom. The van der Waals surface area contributed by atoms with Crippen LogP contribution in [0, 0.1) is 0 Å². The fourth-order valence-corrected chi connectivity index (χ4v) is 4.14. The number of carbonyl (C=O) groups excluding carboxylic acids is 2. The SMILES string of the molecule is CCCC/C=C\CCCCCCCCCCCCCCCC1=C(O)C(=O)C(C)=C(O)C1=O. The van der Waals surface area contributed by atoms with Gasteiger partial charge in [0.05, 0.1) is 0 Å². The molecular formula is C28H46O4. The number of unbranched alkanes of at least 4 members (excludes halogenated alkanes) is 15. The Balaban J connectivity index is 1.90. The molecule has 1 rings (SSSR count). The highest BCUT2D eigenvalue weighted by Crippen LogP contribution is 2.25. The molecule has 32 heavy (non-hydrogen) atoms. The summed E-state index contributed by atoms with van der Waals surface area (Å²) in [4.78, 5) is 23.8. The monoisotopic (exact) mass is 446 g/mol. The molecule has 0 aromatic carbocycles. The van der Waals surface area contributed by atoms with Crippen LogP contribution >= 0.6 is 0 Å². The van der Waals surface area contributed by atoms with Gasteiger partial charge in [-0.05, 0) is 39.0 Å². The molecule has 0 aromatic rings. The minimum atomic E-state index is -0.632. The second kappa shape index (κ2) is 17.7. The Morgan fingerprint density at radius 2 is 1.03 bits per heavy atom. The van der Waals surface area contributed by atoms with E-state index >= 15 is 0 Å². The fourth-order valence-electron chi connectivity index (χ4n) is 4.14. The van der Waals surface area contributed by atoms with Crippen LogP contribution in [0.15, 0.2) is 34.8 Å². The quantitative estimate of drug-likeness (QED) is 0.119. The smallest absolute Gasteiger partial charge is 0.227 e. The first-order valence-corrected chi connectivity index (χ1v) is 13.1. The lowest BCUT2D eigenvalue weighted by atomic mass is 9.91. The largest absolute Gasteiger partial charge is 0.504 e. The van der Waals surface area contributed by atoms with Crippen LogP contribution in [0.25, 0.3) is 0 Å². The van der Waals surface area contributed by atoms with E-state index in [2.05, 4.69) is 19.1 Å². The highest BCUT2D eigenvalue weighted by Gasteiger charge is 2.31. The maximum Gasteiger partial charge on any atom is 0.227 e. The number of carbonyl (C=O) groups is 2. The van der Waals surface area contributed by atoms with Crippen LogP contribution in [-0.4, -0.2) is 21.8 Å². The molecular weight excluding hydrogens is 400 g/mol. The first-order chi connectivity index (χ1) is 15.5. The molecule has 0 saturated heterocycles. The summed E-state index contributed by atoms with van der Waals surface area (Å²) in [7, 11) is 0. The van der Waals surface area contributed by atoms with Gasteiger partial charge in [0.25, 0.3) is 0 Å². The third-order valence-electron chi connectivity index (χ3n) is 6.37. The van der Waals surface area contributed by atoms with Crippen molar-refractivity contribution in [1.82, 2.24) is 0 Å². The standard InChI is InChI=1S/C28H46O4/c1-3-4-5-6-7-8-9-10-11-12-13-14-15-16-17-18-19-20-21-22-24-27(31)25(29)23(2)26(30)28(24)32/h6-7,29,32H,3-5,8-22H2,1-2H3/b7-6-. The first kappa shape index (κ1) is 28.2. The van der Waals surface area contributed by atoms with E-state index in [-0.39, 0.29) is 11.1 Å². The van der Waals surface area contributed by atoms with Crippen LogP contribution in [0.1, 0.15) is 129 Å². The number of ketones is 2. The molecule has 0 bridgehead atoms. The van der Waals surface area contributed by atoms with Crippen molar-refractivity contribution in [2.75, 3.05) is 0 Å². The predicted octanol–water partition coefficient (Wildman–Crippen LogP) is 8.38. The van der Waals surface area contributed by atoms with Gasteiger partial charge in [0.1, 0.15) is 0 Å². The third kappa shape index (κ3) is 11.2. The number of aliphatic hydroxyl groups excluding tert-OH is 2. The topological polar surface area (TPSA) is 74.6 Å². The molecule has 0 heterocycles. The Bertz CT molecular complexity index is 654. The van der Waals surface area contributed by atoms with Gasteiger partial charge in [0.15, 0.2) is 11.5 Å². The Labute approximate surface area is 195 Å². The molecule has 4 nitrogen and oxygen atoms in total. The summed E-state index contributed by atoms with van der Waals surface area (Å²) in [5.74, 6) is -2.23. The zero-order valence-corrected chi connectivity index (χ0v) is 20.6. The molecule has 0 aromatic heterocycles. The zero-order chi connectivity index (χ0) is 23.6. The molecule has 1 aliphatic carbocycles. The lowest BCUT2D eigenvalue weighted by Gasteiger charge is -2.15. The minimum Gasteiger partial charge on any atom is -0.504 e. The van der Waals surface area contributed by atoms with Crippen molar-refractivity contribution in [3.63, 3.8) is 0 Å². The molecule has 0 amide bonds. The average Bonchev–Trinajstić information content (AvgIpc) is 2.79. The van der Waals surface area contributed by atoms with Gasteiger partial charge < -0.3 is 10.2 Å². The Kier molecular flexibility index (Phi) is 15.6. The molecule has 182 valence electrons. The molecule has 0 atom stereocenters. The Hall–Kier alpha value is -1.84. The van der Waals surface area contributed by atoms with Crippen LogP contribution in [0.2, 0.25) is 0 Å². The van der Waals surface area contributed by atoms with E-state index in [0.29, 0.717) is 6.42 Å². The van der Waals surface area contributed by atoms with Crippen LogP contribution in [0.3, 0.4) is 0 Å². The van der Waals surface area contributed by atoms with Crippen LogP contribution < -0.4 is 0 Å². The number of Topliss-reactive ketones (excluding diaryl/α,β-unsaturated/α-hetero) is 2. The van der Waals surface area contributed by atoms with Crippen LogP contribution in [0.5, 0.6) is 0 Å². The number of hydrogen-bond acceptors (Lipinski definition) is 4. The maximum absolute atomic E-state index is 12.0. The normalized spacial score (nSPS) is 14.9. The van der Waals surface area contributed by atoms with Gasteiger partial charge in [-0.15, -0.1) is 0 Å². The zero-order valence-electron chi connectivity index (χ0n) is 20.6. The highest BCUT2D eigenvalue weighted by molar-refractivity contribution is 6.22. The molecule has 0 saturated carbocycles. The summed E-state index contributed by atoms with van der Waals surface area (Å²) < 4.78 is 0. The molecule has 4 heteroatoms. The number of rotatable bonds is 19. The van der Waals surface area contributed by atoms with Gasteiger partial charge in [-0.3, -0.25) is 9.59 Å². The van der Waals surface area contributed by atoms with Gasteiger partial charge in [-0.2, -0.15) is 0 Å². The van der Waals surface area contributed by atoms with Crippen molar-refractivity contribution in [3.8, 4) is 0 Å². The van der Waals surface area contributed by atoms with Gasteiger partial charge in [0, 0.05) is 11.1 Å². The average molecular weight is 447 g/mol. The molecule has 0 fully saturated rings. The highest BCUT2D eigenvalue weighted by atomic mass is 16.3. The summed E-state index contributed by atoms with van der Waals surface area (Å²) >= 11 is 0. The molecule has 0 radical (unpaired) electrons. The van der Waals surface area contributed by atoms with E-state index in [1.54, 1.807) is 0 Å². The van der Waals surface area contributed by atoms with Crippen molar-refractivity contribution < 1.29 is 19.8 Å². The first-order valence-electron chi connectivity index (χ1n) is 13.1. The van der Waals surface area contributed by atoms with Crippen molar-refractivity contribution in [2.24, 2.45) is 0 Å². The van der Waals surface area contributed by atoms with Gasteiger partial charge >= 0.3 is 0 Å². The van der Waals surface area contributed by atoms with Gasteiger partial charge in [0.2, 0.25) is 11.6 Å². The second-order valence-corrected chi connectivity index (χ2v) is 9.21. The number of allylic oxidation sites excluding steroid dienone is 4. The Morgan fingerprint density at radius 1 is 0.594 bits per heavy atom. The van der Waals surface area contributed by atoms with E-state index in [4.69, 9.17) is 0 Å². The summed E-state index contributed by atoms with van der Waals surface area (Å²) in [5.41, 5.74) is 0.00313. The van der Waals surface area contributed by atoms with E-state index in [1.165, 1.54) is 96.8 Å². The molecule has 0 unspecified atom stereocenters. The molecule has 0 spiro atoms. The number of aliphatic hydroxyl groups is 2. The molecule has 1 aliphatic rings. The minimum absolute atomic E-state index is 0.0677. The summed E-state index contributed by atoms with van der Waals surface area (Å²) in [6, 6.07) is 0. The van der Waals surface area contributed by atoms with Crippen molar-refractivity contribution in [3.05, 3.63) is 34.8 Å². The third-order valence-corrected chi connectivity index (χ3v) is 6.37. The number of hydrogen-bond donors (Lipinski definition) is 2. The summed E-state index contributed by atoms with van der Waals surface area (Å²) in [6.07, 6.45) is 26.1. The van der Waals surface area contributed by atoms with Gasteiger partial charge in [-0.1, -0.05) is 103 Å². The van der Waals surface area contributed by atoms with E-state index in [9.17, 15) is 19.8 Å². The van der Waals surface area contributed by atoms with E-state index in [1.807, 2.05) is 0 Å². The summed E-state index contributed by atoms with van der Waals surface area (Å²) in [5, 5.41) is 19.6. The lowest BCUT2D eigenvalue weighted by Crippen LogP contribution is -2.22. The van der Waals surface area contributed by atoms with Crippen LogP contribution in [-0.2, 0) is 9.59 Å². The van der Waals surface area contributed by atoms with Crippen LogP contribution in [0.4, 0.5) is 0 Å². The predicted molar refractivity (Wildman–Crippen MR) is 133 cm³/mol. The summed E-state index contributed by atoms with van der Waals surface area (Å²) in [6.45, 7) is 3.60. The fraction of sp³-hybridized carbons (Fsp3) is 0.714. The second-order valence-electron chi connectivity index (χ2n) is 9.21. The van der Waals surface area contributed by atoms with Crippen molar-refractivity contribution in [2.45, 2.75) is 129 Å². The van der Waals surface area contributed by atoms with Crippen molar-refractivity contribution in [1.29, 1.82) is 0 Å². The maximum atomic E-state index is 12.0.